The van der Waals surface area contributed by atoms with Gasteiger partial charge < -0.3 is 27.0 Å². The Labute approximate surface area is 366 Å². The van der Waals surface area contributed by atoms with Gasteiger partial charge in [-0.15, -0.1) is 0 Å². The molecule has 9 amide bonds. The Morgan fingerprint density at radius 1 is 0.557 bits per heavy atom. The van der Waals surface area contributed by atoms with Crippen LogP contribution < -0.4 is 43.0 Å². The normalized spacial score (nSPS) is 8.92. The van der Waals surface area contributed by atoms with Gasteiger partial charge in [0, 0.05) is 39.7 Å². The van der Waals surface area contributed by atoms with Crippen molar-refractivity contribution in [2.75, 3.05) is 59.8 Å². The van der Waals surface area contributed by atoms with E-state index in [1.807, 2.05) is 17.6 Å². The van der Waals surface area contributed by atoms with Crippen molar-refractivity contribution in [2.24, 2.45) is 5.73 Å². The zero-order chi connectivity index (χ0) is 48.0. The molecule has 0 saturated carbocycles. The van der Waals surface area contributed by atoms with Gasteiger partial charge in [0.15, 0.2) is 20.2 Å². The lowest BCUT2D eigenvalue weighted by Crippen LogP contribution is -2.45. The summed E-state index contributed by atoms with van der Waals surface area (Å²) in [4.78, 5) is 104. The fourth-order valence-electron chi connectivity index (χ4n) is 1.86. The number of hydrogen-bond donors (Lipinski definition) is 8. The molecule has 0 unspecified atom stereocenters. The number of hydrogen-bond acceptors (Lipinski definition) is 15. The molecular formula is C38H63BrN8O14. The van der Waals surface area contributed by atoms with Crippen LogP contribution in [-0.4, -0.2) is 96.1 Å². The molecule has 0 radical (unpaired) electrons. The van der Waals surface area contributed by atoms with Crippen molar-refractivity contribution < 1.29 is 67.9 Å². The second kappa shape index (κ2) is 47.0. The Hall–Kier alpha value is -5.68. The Morgan fingerprint density at radius 2 is 0.902 bits per heavy atom. The third-order valence-electron chi connectivity index (χ3n) is 4.32. The van der Waals surface area contributed by atoms with Crippen LogP contribution in [0, 0.1) is 10.9 Å². The monoisotopic (exact) mass is 934 g/mol. The molecule has 9 N–H and O–H groups in total. The molecule has 346 valence electrons. The van der Waals surface area contributed by atoms with E-state index in [2.05, 4.69) is 124 Å². The lowest BCUT2D eigenvalue weighted by molar-refractivity contribution is -0.290. The SMILES string of the molecule is C=C(C)C(=O)NC#CBr.C=C(C)C(=O)NC=O.C=C(C)COOCCNC(=O)NCOOCC(=C)C.C=C(C)COOCNC(=O)NC(=O)NCOOCC(=C)C.C=C(C)N. The molecule has 0 spiro atoms. The number of halogens is 1. The van der Waals surface area contributed by atoms with Gasteiger partial charge in [-0.1, -0.05) is 68.3 Å². The van der Waals surface area contributed by atoms with Gasteiger partial charge in [-0.05, 0) is 59.0 Å². The van der Waals surface area contributed by atoms with Crippen molar-refractivity contribution in [1.29, 1.82) is 0 Å². The smallest absolute Gasteiger partial charge is 0.324 e. The summed E-state index contributed by atoms with van der Waals surface area (Å²) in [6, 6.07) is 0.438. The van der Waals surface area contributed by atoms with E-state index in [1.54, 1.807) is 34.6 Å². The average Bonchev–Trinajstić information content (AvgIpc) is 3.14. The molecule has 0 aliphatic carbocycles. The highest BCUT2D eigenvalue weighted by atomic mass is 79.9. The molecule has 0 rings (SSSR count). The molecule has 0 aliphatic heterocycles. The lowest BCUT2D eigenvalue weighted by Gasteiger charge is -2.08. The Bertz CT molecular complexity index is 1440. The summed E-state index contributed by atoms with van der Waals surface area (Å²) >= 11 is 2.82. The fourth-order valence-corrected chi connectivity index (χ4v) is 1.96. The van der Waals surface area contributed by atoms with Gasteiger partial charge >= 0.3 is 18.1 Å². The van der Waals surface area contributed by atoms with Crippen LogP contribution in [0.25, 0.3) is 0 Å². The molecule has 22 nitrogen and oxygen atoms in total. The van der Waals surface area contributed by atoms with Crippen molar-refractivity contribution >= 4 is 52.2 Å². The fraction of sp³-hybridized carbons (Fsp3) is 0.421. The highest BCUT2D eigenvalue weighted by Crippen LogP contribution is 1.91. The number of nitrogens with one attached hydrogen (secondary N) is 7. The maximum Gasteiger partial charge on any atom is 0.324 e. The number of urea groups is 3. The summed E-state index contributed by atoms with van der Waals surface area (Å²) in [6.45, 7) is 37.7. The first-order valence-corrected chi connectivity index (χ1v) is 18.1. The molecule has 23 heteroatoms. The van der Waals surface area contributed by atoms with Gasteiger partial charge in [-0.3, -0.25) is 30.3 Å². The average molecular weight is 936 g/mol. The summed E-state index contributed by atoms with van der Waals surface area (Å²) < 4.78 is 0. The van der Waals surface area contributed by atoms with Crippen LogP contribution in [0.15, 0.2) is 85.2 Å². The molecule has 61 heavy (non-hydrogen) atoms. The van der Waals surface area contributed by atoms with Crippen molar-refractivity contribution in [2.45, 2.75) is 48.5 Å². The van der Waals surface area contributed by atoms with E-state index in [1.165, 1.54) is 6.92 Å². The zero-order valence-corrected chi connectivity index (χ0v) is 37.6. The molecule has 0 aromatic heterocycles. The van der Waals surface area contributed by atoms with E-state index < -0.39 is 18.0 Å². The highest BCUT2D eigenvalue weighted by Gasteiger charge is 2.06. The third kappa shape index (κ3) is 69.3. The van der Waals surface area contributed by atoms with Crippen molar-refractivity contribution in [3.05, 3.63) is 85.2 Å². The minimum atomic E-state index is -0.755. The Morgan fingerprint density at radius 3 is 1.20 bits per heavy atom. The highest BCUT2D eigenvalue weighted by molar-refractivity contribution is 9.12. The first-order chi connectivity index (χ1) is 28.5. The third-order valence-corrected chi connectivity index (χ3v) is 4.51. The van der Waals surface area contributed by atoms with Crippen LogP contribution in [0.5, 0.6) is 0 Å². The van der Waals surface area contributed by atoms with Gasteiger partial charge in [0.05, 0.1) is 6.61 Å². The van der Waals surface area contributed by atoms with Crippen molar-refractivity contribution in [1.82, 2.24) is 37.2 Å². The quantitative estimate of drug-likeness (QED) is 0.00791. The molecule has 0 bridgehead atoms. The number of carbonyl (C=O) groups excluding carboxylic acids is 6. The van der Waals surface area contributed by atoms with Gasteiger partial charge in [0.2, 0.25) is 6.41 Å². The van der Waals surface area contributed by atoms with E-state index >= 15 is 0 Å². The van der Waals surface area contributed by atoms with Crippen molar-refractivity contribution in [3.63, 3.8) is 0 Å². The summed E-state index contributed by atoms with van der Waals surface area (Å²) in [5.41, 5.74) is 9.59. The standard InChI is InChI=1S/C12H21N3O6.C12H22N2O5.C6H6BrNO.C5H7NO2.C3H7N/c1-9(2)5-18-20-7-13-11(16)15-12(17)14-8-21-19-6-10(3)4;1-10(2)7-17-16-6-5-13-12(15)14-9-19-18-8-11(3)4;1-5(2)6(9)8-4-3-7;1-4(2)5(8)6-3-7;1-3(2)4/h1,3,5-8H2,2,4H3,(H3,13,14,15,16,17);1,3,5-9H2,2,4H3,(H2,13,14,15);1H2,2H3,(H,8,9);3H,1H2,2H3,(H,6,7,8);1,4H2,2H3. The molecule has 0 heterocycles. The van der Waals surface area contributed by atoms with Crippen LogP contribution in [0.2, 0.25) is 0 Å². The largest absolute Gasteiger partial charge is 0.403 e. The summed E-state index contributed by atoms with van der Waals surface area (Å²) in [7, 11) is 0. The number of nitrogens with two attached hydrogens (primary N) is 1. The predicted octanol–water partition coefficient (Wildman–Crippen LogP) is 3.56. The van der Waals surface area contributed by atoms with E-state index in [9.17, 15) is 28.8 Å². The van der Waals surface area contributed by atoms with E-state index in [0.29, 0.717) is 36.4 Å². The van der Waals surface area contributed by atoms with E-state index in [4.69, 9.17) is 20.4 Å². The Balaban J connectivity index is -0.000000237. The van der Waals surface area contributed by atoms with Gasteiger partial charge in [0.1, 0.15) is 26.4 Å². The zero-order valence-electron chi connectivity index (χ0n) is 36.1. The predicted molar refractivity (Wildman–Crippen MR) is 231 cm³/mol. The number of amides is 9. The van der Waals surface area contributed by atoms with E-state index in [-0.39, 0.29) is 58.6 Å². The molecule has 0 aromatic rings. The first kappa shape index (κ1) is 64.5. The number of carbonyl (C=O) groups is 6. The molecule has 0 atom stereocenters. The summed E-state index contributed by atoms with van der Waals surface area (Å²) in [6.07, 6.45) is 0.330. The number of rotatable bonds is 24. The molecule has 0 saturated heterocycles. The minimum absolute atomic E-state index is 0.0495. The van der Waals surface area contributed by atoms with Crippen LogP contribution in [0.1, 0.15) is 48.5 Å². The van der Waals surface area contributed by atoms with Crippen LogP contribution in [0.4, 0.5) is 14.4 Å². The van der Waals surface area contributed by atoms with Crippen LogP contribution >= 0.6 is 15.9 Å². The maximum absolute atomic E-state index is 11.2. The molecular weight excluding hydrogens is 872 g/mol. The Kier molecular flexibility index (Phi) is 49.7. The second-order valence-corrected chi connectivity index (χ2v) is 12.1. The number of imide groups is 2. The van der Waals surface area contributed by atoms with Crippen LogP contribution in [0.3, 0.4) is 0 Å². The van der Waals surface area contributed by atoms with Gasteiger partial charge in [-0.2, -0.15) is 0 Å². The topological polar surface area (TPSA) is 286 Å². The first-order valence-electron chi connectivity index (χ1n) is 17.3. The second-order valence-electron chi connectivity index (χ2n) is 11.7. The maximum atomic E-state index is 11.2. The number of allylic oxidation sites excluding steroid dienone is 1. The van der Waals surface area contributed by atoms with Crippen molar-refractivity contribution in [3.8, 4) is 10.9 Å². The van der Waals surface area contributed by atoms with E-state index in [0.717, 1.165) is 22.3 Å². The summed E-state index contributed by atoms with van der Waals surface area (Å²) in [5, 5.41) is 15.6. The molecule has 0 aliphatic rings. The summed E-state index contributed by atoms with van der Waals surface area (Å²) in [5.74, 6) is -0.679. The molecule has 0 fully saturated rings. The van der Waals surface area contributed by atoms with Gasteiger partial charge in [0.25, 0.3) is 11.8 Å². The minimum Gasteiger partial charge on any atom is -0.403 e. The molecule has 0 aromatic carbocycles. The van der Waals surface area contributed by atoms with Crippen LogP contribution in [-0.2, 0) is 53.5 Å². The van der Waals surface area contributed by atoms with Gasteiger partial charge in [-0.25, -0.2) is 53.5 Å². The lowest BCUT2D eigenvalue weighted by atomic mass is 10.3.